The van der Waals surface area contributed by atoms with Crippen LogP contribution in [0.5, 0.6) is 0 Å². The van der Waals surface area contributed by atoms with E-state index in [9.17, 15) is 0 Å². The van der Waals surface area contributed by atoms with Crippen LogP contribution in [0.25, 0.3) is 5.57 Å². The highest BCUT2D eigenvalue weighted by molar-refractivity contribution is 5.64. The van der Waals surface area contributed by atoms with Crippen LogP contribution >= 0.6 is 0 Å². The van der Waals surface area contributed by atoms with E-state index in [0.717, 1.165) is 19.0 Å². The van der Waals surface area contributed by atoms with Crippen LogP contribution in [0.15, 0.2) is 36.9 Å². The molecule has 0 aromatic heterocycles. The molecule has 0 amide bonds. The Morgan fingerprint density at radius 3 is 2.58 bits per heavy atom. The zero-order valence-electron chi connectivity index (χ0n) is 12.1. The Morgan fingerprint density at radius 2 is 1.95 bits per heavy atom. The van der Waals surface area contributed by atoms with E-state index in [1.54, 1.807) is 0 Å². The summed E-state index contributed by atoms with van der Waals surface area (Å²) in [5.74, 6) is 0.839. The fourth-order valence-corrected chi connectivity index (χ4v) is 2.71. The summed E-state index contributed by atoms with van der Waals surface area (Å²) < 4.78 is 0. The SMILES string of the molecule is C=C(CNCC1CCN(CC)CC1)c1ccccc1. The molecule has 0 atom stereocenters. The first-order chi connectivity index (χ1) is 9.29. The van der Waals surface area contributed by atoms with Gasteiger partial charge in [-0.25, -0.2) is 0 Å². The summed E-state index contributed by atoms with van der Waals surface area (Å²) in [5, 5.41) is 3.57. The molecule has 1 aliphatic heterocycles. The largest absolute Gasteiger partial charge is 0.312 e. The molecule has 0 aliphatic carbocycles. The molecule has 0 unspecified atom stereocenters. The third-order valence-electron chi connectivity index (χ3n) is 4.11. The van der Waals surface area contributed by atoms with Crippen LogP contribution in [0, 0.1) is 5.92 Å². The summed E-state index contributed by atoms with van der Waals surface area (Å²) in [6, 6.07) is 10.4. The van der Waals surface area contributed by atoms with Crippen molar-refractivity contribution in [2.75, 3.05) is 32.7 Å². The Labute approximate surface area is 117 Å². The van der Waals surface area contributed by atoms with Gasteiger partial charge in [-0.2, -0.15) is 0 Å². The van der Waals surface area contributed by atoms with Gasteiger partial charge in [-0.05, 0) is 56.1 Å². The van der Waals surface area contributed by atoms with E-state index in [4.69, 9.17) is 0 Å². The molecule has 1 aliphatic rings. The number of likely N-dealkylation sites (tertiary alicyclic amines) is 1. The van der Waals surface area contributed by atoms with E-state index in [1.165, 1.54) is 43.6 Å². The standard InChI is InChI=1S/C17H26N2/c1-3-19-11-9-16(10-12-19)14-18-13-15(2)17-7-5-4-6-8-17/h4-8,16,18H,2-3,9-14H2,1H3. The molecule has 1 aromatic carbocycles. The van der Waals surface area contributed by atoms with Crippen LogP contribution in [0.2, 0.25) is 0 Å². The lowest BCUT2D eigenvalue weighted by Gasteiger charge is -2.31. The van der Waals surface area contributed by atoms with Gasteiger partial charge in [0.1, 0.15) is 0 Å². The number of hydrogen-bond donors (Lipinski definition) is 1. The average Bonchev–Trinajstić information content (AvgIpc) is 2.49. The summed E-state index contributed by atoms with van der Waals surface area (Å²) >= 11 is 0. The van der Waals surface area contributed by atoms with E-state index in [1.807, 2.05) is 6.07 Å². The maximum absolute atomic E-state index is 4.16. The Kier molecular flexibility index (Phi) is 5.62. The Bertz CT molecular complexity index is 378. The zero-order chi connectivity index (χ0) is 13.5. The number of benzene rings is 1. The van der Waals surface area contributed by atoms with Crippen LogP contribution in [0.1, 0.15) is 25.3 Å². The topological polar surface area (TPSA) is 15.3 Å². The normalized spacial score (nSPS) is 17.5. The van der Waals surface area contributed by atoms with Crippen molar-refractivity contribution >= 4 is 5.57 Å². The minimum Gasteiger partial charge on any atom is -0.312 e. The first kappa shape index (κ1) is 14.3. The summed E-state index contributed by atoms with van der Waals surface area (Å²) in [6.07, 6.45) is 2.66. The van der Waals surface area contributed by atoms with Crippen molar-refractivity contribution in [2.24, 2.45) is 5.92 Å². The summed E-state index contributed by atoms with van der Waals surface area (Å²) in [4.78, 5) is 2.54. The summed E-state index contributed by atoms with van der Waals surface area (Å²) in [6.45, 7) is 12.2. The van der Waals surface area contributed by atoms with Crippen LogP contribution in [0.4, 0.5) is 0 Å². The first-order valence-electron chi connectivity index (χ1n) is 7.46. The molecule has 2 rings (SSSR count). The maximum Gasteiger partial charge on any atom is 0.0205 e. The lowest BCUT2D eigenvalue weighted by atomic mass is 9.96. The zero-order valence-corrected chi connectivity index (χ0v) is 12.1. The van der Waals surface area contributed by atoms with Gasteiger partial charge < -0.3 is 10.2 Å². The Hall–Kier alpha value is -1.12. The minimum absolute atomic E-state index is 0.839. The molecule has 2 nitrogen and oxygen atoms in total. The van der Waals surface area contributed by atoms with E-state index in [-0.39, 0.29) is 0 Å². The second-order valence-corrected chi connectivity index (χ2v) is 5.48. The lowest BCUT2D eigenvalue weighted by molar-refractivity contribution is 0.191. The minimum atomic E-state index is 0.839. The lowest BCUT2D eigenvalue weighted by Crippen LogP contribution is -2.37. The second kappa shape index (κ2) is 7.46. The molecule has 1 N–H and O–H groups in total. The fraction of sp³-hybridized carbons (Fsp3) is 0.529. The van der Waals surface area contributed by atoms with Crippen molar-refractivity contribution in [1.29, 1.82) is 0 Å². The fourth-order valence-electron chi connectivity index (χ4n) is 2.71. The predicted molar refractivity (Wildman–Crippen MR) is 83.2 cm³/mol. The van der Waals surface area contributed by atoms with Crippen LogP contribution in [-0.4, -0.2) is 37.6 Å². The molecule has 104 valence electrons. The maximum atomic E-state index is 4.16. The number of piperidine rings is 1. The van der Waals surface area contributed by atoms with E-state index < -0.39 is 0 Å². The monoisotopic (exact) mass is 258 g/mol. The third-order valence-corrected chi connectivity index (χ3v) is 4.11. The van der Waals surface area contributed by atoms with E-state index in [0.29, 0.717) is 0 Å². The van der Waals surface area contributed by atoms with Crippen molar-refractivity contribution in [2.45, 2.75) is 19.8 Å². The Balaban J connectivity index is 1.66. The van der Waals surface area contributed by atoms with Crippen molar-refractivity contribution in [3.8, 4) is 0 Å². The molecule has 1 saturated heterocycles. The molecule has 2 heteroatoms. The second-order valence-electron chi connectivity index (χ2n) is 5.48. The average molecular weight is 258 g/mol. The molecule has 0 spiro atoms. The molecule has 0 radical (unpaired) electrons. The molecule has 19 heavy (non-hydrogen) atoms. The molecule has 1 fully saturated rings. The van der Waals surface area contributed by atoms with Gasteiger partial charge in [0.15, 0.2) is 0 Å². The molecule has 0 bridgehead atoms. The van der Waals surface area contributed by atoms with Gasteiger partial charge in [0, 0.05) is 6.54 Å². The van der Waals surface area contributed by atoms with Crippen molar-refractivity contribution in [3.05, 3.63) is 42.5 Å². The molecule has 1 aromatic rings. The highest BCUT2D eigenvalue weighted by atomic mass is 15.1. The van der Waals surface area contributed by atoms with Crippen LogP contribution in [0.3, 0.4) is 0 Å². The summed E-state index contributed by atoms with van der Waals surface area (Å²) in [5.41, 5.74) is 2.43. The van der Waals surface area contributed by atoms with Gasteiger partial charge in [-0.3, -0.25) is 0 Å². The number of hydrogen-bond acceptors (Lipinski definition) is 2. The highest BCUT2D eigenvalue weighted by Gasteiger charge is 2.17. The van der Waals surface area contributed by atoms with Gasteiger partial charge in [0.25, 0.3) is 0 Å². The number of rotatable bonds is 6. The van der Waals surface area contributed by atoms with Gasteiger partial charge in [-0.15, -0.1) is 0 Å². The quantitative estimate of drug-likeness (QED) is 0.844. The number of nitrogens with zero attached hydrogens (tertiary/aromatic N) is 1. The molecule has 0 saturated carbocycles. The molecular formula is C17H26N2. The molecule has 1 heterocycles. The van der Waals surface area contributed by atoms with Crippen molar-refractivity contribution < 1.29 is 0 Å². The predicted octanol–water partition coefficient (Wildman–Crippen LogP) is 3.02. The van der Waals surface area contributed by atoms with Gasteiger partial charge >= 0.3 is 0 Å². The smallest absolute Gasteiger partial charge is 0.0205 e. The Morgan fingerprint density at radius 1 is 1.26 bits per heavy atom. The van der Waals surface area contributed by atoms with Crippen molar-refractivity contribution in [3.63, 3.8) is 0 Å². The molecular weight excluding hydrogens is 232 g/mol. The van der Waals surface area contributed by atoms with Gasteiger partial charge in [0.05, 0.1) is 0 Å². The van der Waals surface area contributed by atoms with Crippen LogP contribution in [-0.2, 0) is 0 Å². The number of nitrogens with one attached hydrogen (secondary N) is 1. The van der Waals surface area contributed by atoms with E-state index in [2.05, 4.69) is 48.0 Å². The van der Waals surface area contributed by atoms with Gasteiger partial charge in [-0.1, -0.05) is 43.8 Å². The van der Waals surface area contributed by atoms with Crippen molar-refractivity contribution in [1.82, 2.24) is 10.2 Å². The van der Waals surface area contributed by atoms with E-state index >= 15 is 0 Å². The first-order valence-corrected chi connectivity index (χ1v) is 7.46. The van der Waals surface area contributed by atoms with Gasteiger partial charge in [0.2, 0.25) is 0 Å². The third kappa shape index (κ3) is 4.48. The highest BCUT2D eigenvalue weighted by Crippen LogP contribution is 2.16. The summed E-state index contributed by atoms with van der Waals surface area (Å²) in [7, 11) is 0. The van der Waals surface area contributed by atoms with Crippen LogP contribution < -0.4 is 5.32 Å².